The van der Waals surface area contributed by atoms with Gasteiger partial charge >= 0.3 is 0 Å². The maximum Gasteiger partial charge on any atom is 0.272 e. The molecule has 0 atom stereocenters. The van der Waals surface area contributed by atoms with Gasteiger partial charge in [0.25, 0.3) is 5.91 Å². The van der Waals surface area contributed by atoms with Crippen LogP contribution in [0.2, 0.25) is 0 Å². The fourth-order valence-corrected chi connectivity index (χ4v) is 2.58. The van der Waals surface area contributed by atoms with Crippen molar-refractivity contribution in [2.24, 2.45) is 5.92 Å². The van der Waals surface area contributed by atoms with Crippen molar-refractivity contribution in [2.75, 3.05) is 46.1 Å². The molecule has 5 heteroatoms. The van der Waals surface area contributed by atoms with Crippen molar-refractivity contribution in [2.45, 2.75) is 12.8 Å². The Bertz CT molecular complexity index is 438. The van der Waals surface area contributed by atoms with Crippen molar-refractivity contribution in [1.29, 1.82) is 0 Å². The van der Waals surface area contributed by atoms with Gasteiger partial charge in [-0.05, 0) is 51.0 Å². The Hall–Kier alpha value is -1.62. The molecule has 1 aromatic heterocycles. The Morgan fingerprint density at radius 3 is 2.70 bits per heavy atom. The van der Waals surface area contributed by atoms with Crippen LogP contribution in [-0.4, -0.2) is 61.5 Å². The lowest BCUT2D eigenvalue weighted by molar-refractivity contribution is 0.0741. The number of carbonyl (C=O) groups is 1. The maximum atomic E-state index is 12.3. The number of hydrogen-bond donors (Lipinski definition) is 1. The summed E-state index contributed by atoms with van der Waals surface area (Å²) >= 11 is 0. The molecule has 1 amide bonds. The second kappa shape index (κ2) is 6.70. The van der Waals surface area contributed by atoms with E-state index in [1.165, 1.54) is 12.8 Å². The molecular weight excluding hydrogens is 252 g/mol. The average molecular weight is 276 g/mol. The molecule has 0 saturated carbocycles. The number of aromatic nitrogens is 1. The lowest BCUT2D eigenvalue weighted by atomic mass is 9.96. The van der Waals surface area contributed by atoms with Gasteiger partial charge in [0.05, 0.1) is 11.9 Å². The van der Waals surface area contributed by atoms with Crippen LogP contribution in [0.5, 0.6) is 0 Å². The molecule has 0 spiro atoms. The highest BCUT2D eigenvalue weighted by atomic mass is 16.2. The summed E-state index contributed by atoms with van der Waals surface area (Å²) in [6, 6.07) is 3.66. The molecule has 1 fully saturated rings. The van der Waals surface area contributed by atoms with Crippen molar-refractivity contribution in [3.63, 3.8) is 0 Å². The summed E-state index contributed by atoms with van der Waals surface area (Å²) in [5, 5.41) is 3.00. The molecule has 5 nitrogen and oxygen atoms in total. The van der Waals surface area contributed by atoms with Gasteiger partial charge in [-0.2, -0.15) is 0 Å². The number of pyridine rings is 1. The number of piperidine rings is 1. The number of anilines is 1. The lowest BCUT2D eigenvalue weighted by Gasteiger charge is -2.31. The molecule has 0 bridgehead atoms. The summed E-state index contributed by atoms with van der Waals surface area (Å²) < 4.78 is 0. The van der Waals surface area contributed by atoms with Crippen molar-refractivity contribution in [3.8, 4) is 0 Å². The second-order valence-corrected chi connectivity index (χ2v) is 5.61. The topological polar surface area (TPSA) is 48.5 Å². The van der Waals surface area contributed by atoms with Crippen LogP contribution in [0.3, 0.4) is 0 Å². The molecular formula is C15H24N4O. The van der Waals surface area contributed by atoms with E-state index < -0.39 is 0 Å². The Kier molecular flexibility index (Phi) is 4.95. The highest BCUT2D eigenvalue weighted by Crippen LogP contribution is 2.17. The van der Waals surface area contributed by atoms with Gasteiger partial charge in [-0.15, -0.1) is 0 Å². The van der Waals surface area contributed by atoms with Gasteiger partial charge in [-0.1, -0.05) is 0 Å². The van der Waals surface area contributed by atoms with Gasteiger partial charge < -0.3 is 15.1 Å². The quantitative estimate of drug-likeness (QED) is 0.906. The maximum absolute atomic E-state index is 12.3. The van der Waals surface area contributed by atoms with Gasteiger partial charge in [-0.3, -0.25) is 4.79 Å². The Morgan fingerprint density at radius 1 is 1.45 bits per heavy atom. The molecule has 1 aliphatic rings. The van der Waals surface area contributed by atoms with Crippen LogP contribution >= 0.6 is 0 Å². The van der Waals surface area contributed by atoms with Crippen LogP contribution in [-0.2, 0) is 0 Å². The third-order valence-electron chi connectivity index (χ3n) is 3.99. The van der Waals surface area contributed by atoms with E-state index in [2.05, 4.69) is 22.2 Å². The van der Waals surface area contributed by atoms with Crippen LogP contribution in [0.4, 0.5) is 5.69 Å². The zero-order chi connectivity index (χ0) is 14.5. The number of amides is 1. The van der Waals surface area contributed by atoms with E-state index in [1.807, 2.05) is 20.2 Å². The van der Waals surface area contributed by atoms with Crippen LogP contribution in [0, 0.1) is 5.92 Å². The van der Waals surface area contributed by atoms with Crippen LogP contribution in [0.1, 0.15) is 23.3 Å². The summed E-state index contributed by atoms with van der Waals surface area (Å²) in [4.78, 5) is 20.7. The summed E-state index contributed by atoms with van der Waals surface area (Å²) in [6.45, 7) is 3.08. The van der Waals surface area contributed by atoms with E-state index in [1.54, 1.807) is 17.2 Å². The molecule has 110 valence electrons. The standard InChI is InChI=1S/C15H24N4O/c1-16-13-4-5-14(17-10-13)15(20)19(3)11-12-6-8-18(2)9-7-12/h4-5,10,12,16H,6-9,11H2,1-3H3. The Balaban J connectivity index is 1.90. The minimum absolute atomic E-state index is 0.00609. The molecule has 2 rings (SSSR count). The van der Waals surface area contributed by atoms with Gasteiger partial charge in [0.1, 0.15) is 5.69 Å². The molecule has 1 aliphatic heterocycles. The van der Waals surface area contributed by atoms with Crippen molar-refractivity contribution < 1.29 is 4.79 Å². The van der Waals surface area contributed by atoms with Gasteiger partial charge in [0.15, 0.2) is 0 Å². The van der Waals surface area contributed by atoms with E-state index in [4.69, 9.17) is 0 Å². The van der Waals surface area contributed by atoms with Crippen LogP contribution < -0.4 is 5.32 Å². The van der Waals surface area contributed by atoms with Gasteiger partial charge in [0.2, 0.25) is 0 Å². The van der Waals surface area contributed by atoms with E-state index in [9.17, 15) is 4.79 Å². The zero-order valence-corrected chi connectivity index (χ0v) is 12.6. The molecule has 0 aliphatic carbocycles. The minimum Gasteiger partial charge on any atom is -0.387 e. The van der Waals surface area contributed by atoms with Crippen LogP contribution in [0.15, 0.2) is 18.3 Å². The minimum atomic E-state index is 0.00609. The summed E-state index contributed by atoms with van der Waals surface area (Å²) in [5.41, 5.74) is 1.43. The SMILES string of the molecule is CNc1ccc(C(=O)N(C)CC2CCN(C)CC2)nc1. The fourth-order valence-electron chi connectivity index (χ4n) is 2.58. The number of carbonyl (C=O) groups excluding carboxylic acids is 1. The van der Waals surface area contributed by atoms with Gasteiger partial charge in [-0.25, -0.2) is 4.98 Å². The summed E-state index contributed by atoms with van der Waals surface area (Å²) in [5.74, 6) is 0.614. The van der Waals surface area contributed by atoms with Crippen LogP contribution in [0.25, 0.3) is 0 Å². The number of likely N-dealkylation sites (tertiary alicyclic amines) is 1. The number of nitrogens with one attached hydrogen (secondary N) is 1. The first kappa shape index (κ1) is 14.8. The molecule has 20 heavy (non-hydrogen) atoms. The second-order valence-electron chi connectivity index (χ2n) is 5.61. The predicted octanol–water partition coefficient (Wildman–Crippen LogP) is 1.54. The highest BCUT2D eigenvalue weighted by Gasteiger charge is 2.21. The molecule has 1 N–H and O–H groups in total. The number of nitrogens with zero attached hydrogens (tertiary/aromatic N) is 3. The summed E-state index contributed by atoms with van der Waals surface area (Å²) in [6.07, 6.45) is 4.02. The number of rotatable bonds is 4. The molecule has 0 radical (unpaired) electrons. The first-order chi connectivity index (χ1) is 9.60. The normalized spacial score (nSPS) is 16.9. The molecule has 1 saturated heterocycles. The van der Waals surface area contributed by atoms with Crippen molar-refractivity contribution in [3.05, 3.63) is 24.0 Å². The lowest BCUT2D eigenvalue weighted by Crippen LogP contribution is -2.38. The van der Waals surface area contributed by atoms with E-state index in [0.29, 0.717) is 11.6 Å². The predicted molar refractivity (Wildman–Crippen MR) is 81.0 cm³/mol. The average Bonchev–Trinajstić information content (AvgIpc) is 2.49. The van der Waals surface area contributed by atoms with Gasteiger partial charge in [0, 0.05) is 20.6 Å². The van der Waals surface area contributed by atoms with E-state index in [-0.39, 0.29) is 5.91 Å². The highest BCUT2D eigenvalue weighted by molar-refractivity contribution is 5.92. The third-order valence-corrected chi connectivity index (χ3v) is 3.99. The molecule has 0 unspecified atom stereocenters. The Morgan fingerprint density at radius 2 is 2.15 bits per heavy atom. The fraction of sp³-hybridized carbons (Fsp3) is 0.600. The zero-order valence-electron chi connectivity index (χ0n) is 12.6. The molecule has 2 heterocycles. The smallest absolute Gasteiger partial charge is 0.272 e. The van der Waals surface area contributed by atoms with Crippen molar-refractivity contribution >= 4 is 11.6 Å². The largest absolute Gasteiger partial charge is 0.387 e. The monoisotopic (exact) mass is 276 g/mol. The van der Waals surface area contributed by atoms with E-state index in [0.717, 1.165) is 25.3 Å². The first-order valence-corrected chi connectivity index (χ1v) is 7.18. The summed E-state index contributed by atoms with van der Waals surface area (Å²) in [7, 11) is 5.86. The third kappa shape index (κ3) is 3.70. The van der Waals surface area contributed by atoms with E-state index >= 15 is 0 Å². The van der Waals surface area contributed by atoms with Crippen molar-refractivity contribution in [1.82, 2.24) is 14.8 Å². The Labute approximate surface area is 121 Å². The first-order valence-electron chi connectivity index (χ1n) is 7.18. The molecule has 0 aromatic carbocycles. The molecule has 1 aromatic rings. The number of hydrogen-bond acceptors (Lipinski definition) is 4.